The molecule has 1 atom stereocenters. The van der Waals surface area contributed by atoms with Crippen LogP contribution >= 0.6 is 0 Å². The standard InChI is InChI=1S/C19H13N3O5/c23-17-13-8-4-5-9-14(13)19(27-17)15(22(25)26)16-20(10-11-21(16)18(19)24)12-6-2-1-3-7-12/h1-9H,10-11H2. The Hall–Kier alpha value is -3.68. The second-order valence-corrected chi connectivity index (χ2v) is 6.49. The summed E-state index contributed by atoms with van der Waals surface area (Å²) in [6, 6.07) is 15.4. The second kappa shape index (κ2) is 5.16. The number of anilines is 1. The Morgan fingerprint density at radius 3 is 2.37 bits per heavy atom. The summed E-state index contributed by atoms with van der Waals surface area (Å²) in [6.45, 7) is 0.704. The normalized spacial score (nSPS) is 23.1. The predicted octanol–water partition coefficient (Wildman–Crippen LogP) is 1.86. The van der Waals surface area contributed by atoms with E-state index in [0.717, 1.165) is 5.69 Å². The smallest absolute Gasteiger partial charge is 0.344 e. The van der Waals surface area contributed by atoms with Gasteiger partial charge in [0.1, 0.15) is 0 Å². The molecule has 0 radical (unpaired) electrons. The van der Waals surface area contributed by atoms with Gasteiger partial charge in [-0.1, -0.05) is 36.4 Å². The molecule has 0 aromatic heterocycles. The van der Waals surface area contributed by atoms with Crippen molar-refractivity contribution >= 4 is 17.6 Å². The number of hydrogen-bond acceptors (Lipinski definition) is 6. The minimum Gasteiger partial charge on any atom is -0.428 e. The van der Waals surface area contributed by atoms with Gasteiger partial charge in [0.25, 0.3) is 5.91 Å². The Bertz CT molecular complexity index is 1050. The maximum Gasteiger partial charge on any atom is 0.344 e. The molecule has 0 saturated carbocycles. The third-order valence-electron chi connectivity index (χ3n) is 5.17. The number of benzene rings is 2. The van der Waals surface area contributed by atoms with Crippen molar-refractivity contribution in [2.45, 2.75) is 5.60 Å². The molecule has 1 spiro atoms. The van der Waals surface area contributed by atoms with Gasteiger partial charge in [0.2, 0.25) is 0 Å². The summed E-state index contributed by atoms with van der Waals surface area (Å²) in [4.78, 5) is 40.2. The lowest BCUT2D eigenvalue weighted by atomic mass is 9.90. The minimum absolute atomic E-state index is 0.167. The number of hydrogen-bond donors (Lipinski definition) is 0. The van der Waals surface area contributed by atoms with Crippen molar-refractivity contribution in [1.29, 1.82) is 0 Å². The third-order valence-corrected chi connectivity index (χ3v) is 5.17. The fraction of sp³-hybridized carbons (Fsp3) is 0.158. The first-order chi connectivity index (χ1) is 13.1. The SMILES string of the molecule is O=C1OC2(C(=O)N3CCN(c4ccccc4)C3=C2[N+](=O)[O-])c2ccccc21. The van der Waals surface area contributed by atoms with Gasteiger partial charge < -0.3 is 9.64 Å². The van der Waals surface area contributed by atoms with Crippen molar-refractivity contribution < 1.29 is 19.2 Å². The third kappa shape index (κ3) is 1.81. The first-order valence-electron chi connectivity index (χ1n) is 8.42. The van der Waals surface area contributed by atoms with Crippen LogP contribution in [0.25, 0.3) is 0 Å². The number of esters is 1. The van der Waals surface area contributed by atoms with Gasteiger partial charge in [-0.05, 0) is 18.2 Å². The average Bonchev–Trinajstić information content (AvgIpc) is 3.30. The van der Waals surface area contributed by atoms with Gasteiger partial charge in [0.15, 0.2) is 5.82 Å². The summed E-state index contributed by atoms with van der Waals surface area (Å²) >= 11 is 0. The number of nitro groups is 1. The lowest BCUT2D eigenvalue weighted by molar-refractivity contribution is -0.441. The molecule has 1 fully saturated rings. The predicted molar refractivity (Wildman–Crippen MR) is 93.1 cm³/mol. The number of carbonyl (C=O) groups excluding carboxylic acids is 2. The summed E-state index contributed by atoms with van der Waals surface area (Å²) in [6.07, 6.45) is 0. The topological polar surface area (TPSA) is 93.0 Å². The number of amides is 1. The van der Waals surface area contributed by atoms with Crippen molar-refractivity contribution in [2.75, 3.05) is 18.0 Å². The van der Waals surface area contributed by atoms with Crippen molar-refractivity contribution in [1.82, 2.24) is 4.90 Å². The van der Waals surface area contributed by atoms with Crippen LogP contribution in [0.4, 0.5) is 5.69 Å². The van der Waals surface area contributed by atoms with Gasteiger partial charge in [0, 0.05) is 24.3 Å². The molecule has 0 N–H and O–H groups in total. The molecule has 1 amide bonds. The summed E-state index contributed by atoms with van der Waals surface area (Å²) in [7, 11) is 0. The molecule has 8 nitrogen and oxygen atoms in total. The fourth-order valence-corrected chi connectivity index (χ4v) is 4.08. The molecule has 1 unspecified atom stereocenters. The first kappa shape index (κ1) is 15.6. The van der Waals surface area contributed by atoms with E-state index in [2.05, 4.69) is 0 Å². The molecule has 8 heteroatoms. The second-order valence-electron chi connectivity index (χ2n) is 6.49. The molecule has 2 aromatic carbocycles. The van der Waals surface area contributed by atoms with Crippen LogP contribution in [0.3, 0.4) is 0 Å². The van der Waals surface area contributed by atoms with Crippen LogP contribution in [0.15, 0.2) is 66.1 Å². The van der Waals surface area contributed by atoms with E-state index in [9.17, 15) is 19.7 Å². The minimum atomic E-state index is -2.03. The molecule has 3 aliphatic rings. The highest BCUT2D eigenvalue weighted by Gasteiger charge is 2.70. The summed E-state index contributed by atoms with van der Waals surface area (Å²) in [5.74, 6) is -1.16. The number of rotatable bonds is 2. The van der Waals surface area contributed by atoms with Crippen molar-refractivity contribution in [3.05, 3.63) is 87.4 Å². The molecule has 134 valence electrons. The highest BCUT2D eigenvalue weighted by Crippen LogP contribution is 2.51. The zero-order valence-electron chi connectivity index (χ0n) is 14.0. The Morgan fingerprint density at radius 1 is 0.963 bits per heavy atom. The van der Waals surface area contributed by atoms with E-state index >= 15 is 0 Å². The fourth-order valence-electron chi connectivity index (χ4n) is 4.08. The molecule has 3 heterocycles. The van der Waals surface area contributed by atoms with Gasteiger partial charge in [-0.2, -0.15) is 0 Å². The van der Waals surface area contributed by atoms with Gasteiger partial charge in [-0.3, -0.25) is 19.8 Å². The van der Waals surface area contributed by atoms with Gasteiger partial charge in [-0.25, -0.2) is 4.79 Å². The van der Waals surface area contributed by atoms with Crippen molar-refractivity contribution in [3.8, 4) is 0 Å². The Labute approximate surface area is 153 Å². The largest absolute Gasteiger partial charge is 0.428 e. The van der Waals surface area contributed by atoms with E-state index in [-0.39, 0.29) is 23.5 Å². The lowest BCUT2D eigenvalue weighted by Gasteiger charge is -2.21. The molecular weight excluding hydrogens is 350 g/mol. The van der Waals surface area contributed by atoms with Crippen LogP contribution in [0.5, 0.6) is 0 Å². The molecule has 0 aliphatic carbocycles. The number of fused-ring (bicyclic) bond motifs is 3. The molecule has 5 rings (SSSR count). The summed E-state index contributed by atoms with van der Waals surface area (Å²) in [5, 5.41) is 12.1. The van der Waals surface area contributed by atoms with Crippen molar-refractivity contribution in [3.63, 3.8) is 0 Å². The van der Waals surface area contributed by atoms with Crippen LogP contribution in [-0.4, -0.2) is 34.8 Å². The van der Waals surface area contributed by atoms with Crippen LogP contribution in [0.2, 0.25) is 0 Å². The summed E-state index contributed by atoms with van der Waals surface area (Å²) < 4.78 is 5.43. The van der Waals surface area contributed by atoms with Crippen LogP contribution in [0, 0.1) is 10.1 Å². The maximum atomic E-state index is 13.3. The average molecular weight is 363 g/mol. The molecule has 2 aromatic rings. The molecule has 27 heavy (non-hydrogen) atoms. The highest BCUT2D eigenvalue weighted by molar-refractivity contribution is 6.06. The highest BCUT2D eigenvalue weighted by atomic mass is 16.6. The van der Waals surface area contributed by atoms with Crippen LogP contribution in [0.1, 0.15) is 15.9 Å². The van der Waals surface area contributed by atoms with Gasteiger partial charge >= 0.3 is 17.3 Å². The maximum absolute atomic E-state index is 13.3. The number of para-hydroxylation sites is 1. The molecular formula is C19H13N3O5. The molecule has 0 bridgehead atoms. The van der Waals surface area contributed by atoms with Gasteiger partial charge in [-0.15, -0.1) is 0 Å². The zero-order chi connectivity index (χ0) is 18.8. The number of ether oxygens (including phenoxy) is 1. The van der Waals surface area contributed by atoms with E-state index < -0.39 is 28.1 Å². The quantitative estimate of drug-likeness (QED) is 0.459. The van der Waals surface area contributed by atoms with Crippen LogP contribution in [-0.2, 0) is 15.1 Å². The van der Waals surface area contributed by atoms with Gasteiger partial charge in [0.05, 0.1) is 10.5 Å². The first-order valence-corrected chi connectivity index (χ1v) is 8.42. The van der Waals surface area contributed by atoms with E-state index in [0.29, 0.717) is 6.54 Å². The Kier molecular flexibility index (Phi) is 2.98. The molecule has 1 saturated heterocycles. The number of carbonyl (C=O) groups is 2. The molecule has 3 aliphatic heterocycles. The Morgan fingerprint density at radius 2 is 1.63 bits per heavy atom. The van der Waals surface area contributed by atoms with Crippen molar-refractivity contribution in [2.24, 2.45) is 0 Å². The summed E-state index contributed by atoms with van der Waals surface area (Å²) in [5.41, 5.74) is -1.30. The Balaban J connectivity index is 1.78. The van der Waals surface area contributed by atoms with E-state index in [1.54, 1.807) is 17.0 Å². The van der Waals surface area contributed by atoms with Crippen LogP contribution < -0.4 is 4.90 Å². The van der Waals surface area contributed by atoms with E-state index in [1.165, 1.54) is 17.0 Å². The zero-order valence-corrected chi connectivity index (χ0v) is 14.0. The lowest BCUT2D eigenvalue weighted by Crippen LogP contribution is -2.42. The van der Waals surface area contributed by atoms with E-state index in [4.69, 9.17) is 4.74 Å². The van der Waals surface area contributed by atoms with E-state index in [1.807, 2.05) is 30.3 Å². The number of nitrogens with zero attached hydrogens (tertiary/aromatic N) is 3. The monoisotopic (exact) mass is 363 g/mol.